The van der Waals surface area contributed by atoms with Crippen LogP contribution in [-0.2, 0) is 12.8 Å². The lowest BCUT2D eigenvalue weighted by atomic mass is 9.96. The van der Waals surface area contributed by atoms with E-state index in [1.165, 1.54) is 5.56 Å². The van der Waals surface area contributed by atoms with Crippen molar-refractivity contribution in [2.24, 2.45) is 13.0 Å². The van der Waals surface area contributed by atoms with Gasteiger partial charge in [-0.2, -0.15) is 5.10 Å². The molecular formula is C25H28N4O2S. The first kappa shape index (κ1) is 22.1. The van der Waals surface area contributed by atoms with E-state index in [1.54, 1.807) is 35.9 Å². The van der Waals surface area contributed by atoms with Gasteiger partial charge in [-0.3, -0.25) is 14.3 Å². The average Bonchev–Trinajstić information content (AvgIpc) is 3.28. The summed E-state index contributed by atoms with van der Waals surface area (Å²) in [6.45, 7) is 2.07. The van der Waals surface area contributed by atoms with Gasteiger partial charge in [0.2, 0.25) is 0 Å². The molecule has 3 aromatic rings. The fourth-order valence-corrected chi connectivity index (χ4v) is 4.69. The van der Waals surface area contributed by atoms with Crippen LogP contribution in [0.5, 0.6) is 0 Å². The molecule has 1 fully saturated rings. The molecule has 0 saturated carbocycles. The summed E-state index contributed by atoms with van der Waals surface area (Å²) in [7, 11) is 1.79. The van der Waals surface area contributed by atoms with Gasteiger partial charge in [0.05, 0.1) is 11.8 Å². The van der Waals surface area contributed by atoms with Crippen molar-refractivity contribution in [2.75, 3.05) is 19.6 Å². The Morgan fingerprint density at radius 2 is 1.75 bits per heavy atom. The highest BCUT2D eigenvalue weighted by molar-refractivity contribution is 7.98. The van der Waals surface area contributed by atoms with Gasteiger partial charge in [-0.05, 0) is 48.6 Å². The molecule has 1 aliphatic rings. The van der Waals surface area contributed by atoms with E-state index in [0.29, 0.717) is 18.0 Å². The number of rotatable bonds is 7. The first-order chi connectivity index (χ1) is 15.6. The molecule has 7 heteroatoms. The van der Waals surface area contributed by atoms with Gasteiger partial charge in [0.25, 0.3) is 11.8 Å². The second kappa shape index (κ2) is 10.5. The number of piperidine rings is 1. The average molecular weight is 449 g/mol. The second-order valence-corrected chi connectivity index (χ2v) is 9.20. The van der Waals surface area contributed by atoms with Gasteiger partial charge in [0, 0.05) is 49.1 Å². The Balaban J connectivity index is 1.22. The zero-order chi connectivity index (χ0) is 22.3. The van der Waals surface area contributed by atoms with E-state index in [4.69, 9.17) is 0 Å². The maximum atomic E-state index is 12.9. The van der Waals surface area contributed by atoms with Crippen molar-refractivity contribution in [3.8, 4) is 0 Å². The van der Waals surface area contributed by atoms with E-state index in [0.717, 1.165) is 42.1 Å². The molecule has 0 radical (unpaired) electrons. The quantitative estimate of drug-likeness (QED) is 0.555. The molecule has 0 bridgehead atoms. The number of likely N-dealkylation sites (tertiary alicyclic amines) is 1. The molecule has 0 atom stereocenters. The van der Waals surface area contributed by atoms with Crippen molar-refractivity contribution >= 4 is 23.6 Å². The van der Waals surface area contributed by atoms with Crippen molar-refractivity contribution in [3.63, 3.8) is 0 Å². The van der Waals surface area contributed by atoms with Gasteiger partial charge in [-0.1, -0.05) is 30.3 Å². The second-order valence-electron chi connectivity index (χ2n) is 8.15. The van der Waals surface area contributed by atoms with E-state index in [2.05, 4.69) is 34.7 Å². The van der Waals surface area contributed by atoms with Crippen LogP contribution < -0.4 is 5.32 Å². The minimum absolute atomic E-state index is 0.0856. The Hall–Kier alpha value is -3.06. The van der Waals surface area contributed by atoms with Gasteiger partial charge < -0.3 is 10.2 Å². The molecule has 0 spiro atoms. The molecular weight excluding hydrogens is 420 g/mol. The third kappa shape index (κ3) is 5.79. The number of thioether (sulfide) groups is 1. The lowest BCUT2D eigenvalue weighted by Crippen LogP contribution is -2.41. The molecule has 2 aromatic carbocycles. The molecule has 1 N–H and O–H groups in total. The molecule has 166 valence electrons. The first-order valence-corrected chi connectivity index (χ1v) is 11.9. The Morgan fingerprint density at radius 3 is 2.41 bits per heavy atom. The van der Waals surface area contributed by atoms with Crippen LogP contribution in [0.25, 0.3) is 0 Å². The van der Waals surface area contributed by atoms with Crippen molar-refractivity contribution in [1.29, 1.82) is 0 Å². The van der Waals surface area contributed by atoms with Crippen molar-refractivity contribution in [3.05, 3.63) is 83.7 Å². The summed E-state index contributed by atoms with van der Waals surface area (Å²) in [6, 6.07) is 18.3. The number of amides is 2. The Morgan fingerprint density at radius 1 is 1.03 bits per heavy atom. The Kier molecular flexibility index (Phi) is 7.27. The summed E-state index contributed by atoms with van der Waals surface area (Å²) >= 11 is 1.77. The highest BCUT2D eigenvalue weighted by atomic mass is 32.2. The van der Waals surface area contributed by atoms with Crippen molar-refractivity contribution in [2.45, 2.75) is 23.5 Å². The van der Waals surface area contributed by atoms with Crippen LogP contribution in [0.15, 0.2) is 71.9 Å². The summed E-state index contributed by atoms with van der Waals surface area (Å²) < 4.78 is 1.62. The topological polar surface area (TPSA) is 67.2 Å². The van der Waals surface area contributed by atoms with Gasteiger partial charge >= 0.3 is 0 Å². The molecule has 4 rings (SSSR count). The smallest absolute Gasteiger partial charge is 0.254 e. The predicted molar refractivity (Wildman–Crippen MR) is 127 cm³/mol. The van der Waals surface area contributed by atoms with E-state index in [1.807, 2.05) is 35.2 Å². The van der Waals surface area contributed by atoms with E-state index in [9.17, 15) is 9.59 Å². The zero-order valence-corrected chi connectivity index (χ0v) is 19.1. The van der Waals surface area contributed by atoms with Crippen molar-refractivity contribution in [1.82, 2.24) is 20.0 Å². The minimum atomic E-state index is -0.0955. The Labute approximate surface area is 193 Å². The monoisotopic (exact) mass is 448 g/mol. The van der Waals surface area contributed by atoms with Crippen LogP contribution in [-0.4, -0.2) is 46.1 Å². The number of hydrogen-bond donors (Lipinski definition) is 1. The van der Waals surface area contributed by atoms with E-state index >= 15 is 0 Å². The van der Waals surface area contributed by atoms with Crippen LogP contribution in [0, 0.1) is 5.92 Å². The number of carbonyl (C=O) groups is 2. The fourth-order valence-electron chi connectivity index (χ4n) is 3.83. The lowest BCUT2D eigenvalue weighted by Gasteiger charge is -2.32. The number of nitrogens with one attached hydrogen (secondary N) is 1. The molecule has 32 heavy (non-hydrogen) atoms. The summed E-state index contributed by atoms with van der Waals surface area (Å²) in [4.78, 5) is 28.2. The van der Waals surface area contributed by atoms with Crippen LogP contribution in [0.3, 0.4) is 0 Å². The summed E-state index contributed by atoms with van der Waals surface area (Å²) in [5.41, 5.74) is 2.60. The van der Waals surface area contributed by atoms with Crippen LogP contribution in [0.1, 0.15) is 39.1 Å². The molecule has 1 aliphatic heterocycles. The number of hydrogen-bond acceptors (Lipinski definition) is 4. The third-order valence-corrected chi connectivity index (χ3v) is 6.85. The summed E-state index contributed by atoms with van der Waals surface area (Å²) in [6.07, 6.45) is 5.07. The highest BCUT2D eigenvalue weighted by Gasteiger charge is 2.24. The third-order valence-electron chi connectivity index (χ3n) is 5.77. The summed E-state index contributed by atoms with van der Waals surface area (Å²) in [5.74, 6) is 1.29. The van der Waals surface area contributed by atoms with E-state index in [-0.39, 0.29) is 11.8 Å². The molecule has 2 amide bonds. The number of nitrogens with zero attached hydrogens (tertiary/aromatic N) is 3. The molecule has 6 nitrogen and oxygen atoms in total. The van der Waals surface area contributed by atoms with Crippen LogP contribution >= 0.6 is 11.8 Å². The maximum absolute atomic E-state index is 12.9. The highest BCUT2D eigenvalue weighted by Crippen LogP contribution is 2.24. The maximum Gasteiger partial charge on any atom is 0.254 e. The minimum Gasteiger partial charge on any atom is -0.352 e. The normalized spacial score (nSPS) is 14.3. The SMILES string of the molecule is Cn1cc(C(=O)NCC2CCN(C(=O)c3ccc(SCc4ccccc4)cc3)CC2)cn1. The van der Waals surface area contributed by atoms with Crippen LogP contribution in [0.4, 0.5) is 0 Å². The number of aryl methyl sites for hydroxylation is 1. The van der Waals surface area contributed by atoms with Crippen molar-refractivity contribution < 1.29 is 9.59 Å². The van der Waals surface area contributed by atoms with Gasteiger partial charge in [-0.15, -0.1) is 11.8 Å². The first-order valence-electron chi connectivity index (χ1n) is 10.9. The Bertz CT molecular complexity index is 1040. The largest absolute Gasteiger partial charge is 0.352 e. The predicted octanol–water partition coefficient (Wildman–Crippen LogP) is 3.99. The number of aromatic nitrogens is 2. The molecule has 1 aromatic heterocycles. The molecule has 0 unspecified atom stereocenters. The fraction of sp³-hybridized carbons (Fsp3) is 0.320. The van der Waals surface area contributed by atoms with Gasteiger partial charge in [0.1, 0.15) is 0 Å². The molecule has 1 saturated heterocycles. The summed E-state index contributed by atoms with van der Waals surface area (Å²) in [5, 5.41) is 7.02. The van der Waals surface area contributed by atoms with Gasteiger partial charge in [-0.25, -0.2) is 0 Å². The van der Waals surface area contributed by atoms with Crippen LogP contribution in [0.2, 0.25) is 0 Å². The standard InChI is InChI=1S/C25H28N4O2S/c1-28-17-22(16-27-28)24(30)26-15-19-11-13-29(14-12-19)25(31)21-7-9-23(10-8-21)32-18-20-5-3-2-4-6-20/h2-10,16-17,19H,11-15,18H2,1H3,(H,26,30). The number of carbonyl (C=O) groups excluding carboxylic acids is 2. The zero-order valence-electron chi connectivity index (χ0n) is 18.2. The molecule has 2 heterocycles. The molecule has 0 aliphatic carbocycles. The van der Waals surface area contributed by atoms with Gasteiger partial charge in [0.15, 0.2) is 0 Å². The lowest BCUT2D eigenvalue weighted by molar-refractivity contribution is 0.0684. The van der Waals surface area contributed by atoms with E-state index < -0.39 is 0 Å². The number of benzene rings is 2.